The van der Waals surface area contributed by atoms with Gasteiger partial charge in [-0.2, -0.15) is 0 Å². The fraction of sp³-hybridized carbons (Fsp3) is 0.700. The zero-order chi connectivity index (χ0) is 10.4. The molecule has 2 N–H and O–H groups in total. The summed E-state index contributed by atoms with van der Waals surface area (Å²) in [5, 5.41) is 5.69. The van der Waals surface area contributed by atoms with Gasteiger partial charge >= 0.3 is 5.97 Å². The zero-order valence-electron chi connectivity index (χ0n) is 8.58. The molecule has 0 aromatic heterocycles. The smallest absolute Gasteiger partial charge is 0.324 e. The Bertz CT molecular complexity index is 202. The highest BCUT2D eigenvalue weighted by atomic mass is 16.5. The first-order valence-corrected chi connectivity index (χ1v) is 4.96. The number of hydrogen-bond acceptors (Lipinski definition) is 4. The molecule has 1 atom stereocenters. The van der Waals surface area contributed by atoms with Gasteiger partial charge in [0.2, 0.25) is 0 Å². The Morgan fingerprint density at radius 2 is 2.43 bits per heavy atom. The monoisotopic (exact) mass is 198 g/mol. The van der Waals surface area contributed by atoms with Gasteiger partial charge in [0.15, 0.2) is 6.73 Å². The molecule has 1 saturated carbocycles. The first kappa shape index (κ1) is 11.0. The average molecular weight is 198 g/mol. The fourth-order valence-corrected chi connectivity index (χ4v) is 1.29. The average Bonchev–Trinajstić information content (AvgIpc) is 2.98. The quantitative estimate of drug-likeness (QED) is 0.357. The van der Waals surface area contributed by atoms with Crippen molar-refractivity contribution >= 4 is 5.97 Å². The van der Waals surface area contributed by atoms with Crippen molar-refractivity contribution in [3.63, 3.8) is 0 Å². The summed E-state index contributed by atoms with van der Waals surface area (Å²) in [6.45, 7) is 3.66. The van der Waals surface area contributed by atoms with Crippen molar-refractivity contribution in [1.29, 1.82) is 0 Å². The maximum absolute atomic E-state index is 11.5. The van der Waals surface area contributed by atoms with E-state index in [9.17, 15) is 4.79 Å². The summed E-state index contributed by atoms with van der Waals surface area (Å²) in [6.07, 6.45) is 4.89. The van der Waals surface area contributed by atoms with Gasteiger partial charge in [0.1, 0.15) is 6.04 Å². The van der Waals surface area contributed by atoms with Crippen LogP contribution in [0.15, 0.2) is 12.8 Å². The largest absolute Gasteiger partial charge is 0.443 e. The van der Waals surface area contributed by atoms with E-state index in [1.54, 1.807) is 7.05 Å². The minimum atomic E-state index is -0.186. The van der Waals surface area contributed by atoms with Gasteiger partial charge in [-0.25, -0.2) is 0 Å². The molecule has 0 amide bonds. The number of ether oxygens (including phenoxy) is 1. The van der Waals surface area contributed by atoms with Crippen molar-refractivity contribution in [2.45, 2.75) is 25.3 Å². The number of likely N-dealkylation sites (N-methyl/N-ethyl adjacent to an activating group) is 1. The van der Waals surface area contributed by atoms with Crippen LogP contribution in [0.1, 0.15) is 19.3 Å². The molecule has 1 fully saturated rings. The molecular weight excluding hydrogens is 180 g/mol. The van der Waals surface area contributed by atoms with Crippen LogP contribution in [0.2, 0.25) is 0 Å². The zero-order valence-corrected chi connectivity index (χ0v) is 8.58. The standard InChI is InChI=1S/C10H18N2O2/c1-3-12-7-14-10(13)9(11-2)6-8-4-5-8/h3,8-9,11-12H,1,4-7H2,2H3/t9-/m0/s1. The maximum Gasteiger partial charge on any atom is 0.324 e. The minimum Gasteiger partial charge on any atom is -0.443 e. The third-order valence-corrected chi connectivity index (χ3v) is 2.34. The van der Waals surface area contributed by atoms with Gasteiger partial charge in [-0.05, 0) is 25.6 Å². The van der Waals surface area contributed by atoms with Crippen LogP contribution < -0.4 is 10.6 Å². The van der Waals surface area contributed by atoms with Crippen molar-refractivity contribution in [2.75, 3.05) is 13.8 Å². The predicted octanol–water partition coefficient (Wildman–Crippen LogP) is 0.608. The first-order valence-electron chi connectivity index (χ1n) is 4.96. The molecule has 0 aromatic rings. The number of carbonyl (C=O) groups excluding carboxylic acids is 1. The van der Waals surface area contributed by atoms with E-state index in [0.29, 0.717) is 5.92 Å². The van der Waals surface area contributed by atoms with Crippen molar-refractivity contribution < 1.29 is 9.53 Å². The van der Waals surface area contributed by atoms with Crippen molar-refractivity contribution in [2.24, 2.45) is 5.92 Å². The summed E-state index contributed by atoms with van der Waals surface area (Å²) in [5.41, 5.74) is 0. The molecule has 4 nitrogen and oxygen atoms in total. The Balaban J connectivity index is 2.19. The van der Waals surface area contributed by atoms with Crippen LogP contribution in [0.5, 0.6) is 0 Å². The topological polar surface area (TPSA) is 50.4 Å². The molecule has 1 aliphatic carbocycles. The number of nitrogens with one attached hydrogen (secondary N) is 2. The molecule has 4 heteroatoms. The van der Waals surface area contributed by atoms with E-state index in [4.69, 9.17) is 4.74 Å². The Labute approximate surface area is 84.7 Å². The summed E-state index contributed by atoms with van der Waals surface area (Å²) in [6, 6.07) is -0.158. The Kier molecular flexibility index (Phi) is 4.46. The second kappa shape index (κ2) is 5.65. The molecule has 0 saturated heterocycles. The van der Waals surface area contributed by atoms with Crippen molar-refractivity contribution in [3.05, 3.63) is 12.8 Å². The summed E-state index contributed by atoms with van der Waals surface area (Å²) < 4.78 is 4.98. The van der Waals surface area contributed by atoms with Crippen LogP contribution in [0.3, 0.4) is 0 Å². The van der Waals surface area contributed by atoms with Gasteiger partial charge in [-0.3, -0.25) is 4.79 Å². The number of hydrogen-bond donors (Lipinski definition) is 2. The third kappa shape index (κ3) is 3.79. The van der Waals surface area contributed by atoms with Gasteiger partial charge in [0, 0.05) is 0 Å². The lowest BCUT2D eigenvalue weighted by atomic mass is 10.1. The van der Waals surface area contributed by atoms with E-state index in [1.165, 1.54) is 19.0 Å². The summed E-state index contributed by atoms with van der Waals surface area (Å²) in [5.74, 6) is 0.529. The summed E-state index contributed by atoms with van der Waals surface area (Å²) in [4.78, 5) is 11.5. The maximum atomic E-state index is 11.5. The van der Waals surface area contributed by atoms with Crippen LogP contribution in [-0.2, 0) is 9.53 Å². The molecule has 0 unspecified atom stereocenters. The highest BCUT2D eigenvalue weighted by Gasteiger charge is 2.29. The SMILES string of the molecule is C=CNCOC(=O)[C@H](CC1CC1)NC. The van der Waals surface area contributed by atoms with Crippen LogP contribution in [0, 0.1) is 5.92 Å². The summed E-state index contributed by atoms with van der Waals surface area (Å²) >= 11 is 0. The lowest BCUT2D eigenvalue weighted by molar-refractivity contribution is -0.146. The van der Waals surface area contributed by atoms with Crippen LogP contribution in [0.25, 0.3) is 0 Å². The first-order chi connectivity index (χ1) is 6.77. The van der Waals surface area contributed by atoms with E-state index in [2.05, 4.69) is 17.2 Å². The van der Waals surface area contributed by atoms with E-state index in [0.717, 1.165) is 6.42 Å². The number of rotatable bonds is 7. The van der Waals surface area contributed by atoms with E-state index < -0.39 is 0 Å². The van der Waals surface area contributed by atoms with E-state index in [-0.39, 0.29) is 18.7 Å². The van der Waals surface area contributed by atoms with Crippen molar-refractivity contribution in [1.82, 2.24) is 10.6 Å². The lowest BCUT2D eigenvalue weighted by Crippen LogP contribution is -2.37. The third-order valence-electron chi connectivity index (χ3n) is 2.34. The number of carbonyl (C=O) groups is 1. The van der Waals surface area contributed by atoms with Gasteiger partial charge in [0.05, 0.1) is 0 Å². The molecule has 0 aliphatic heterocycles. The highest BCUT2D eigenvalue weighted by molar-refractivity contribution is 5.75. The molecule has 0 spiro atoms. The molecule has 14 heavy (non-hydrogen) atoms. The lowest BCUT2D eigenvalue weighted by Gasteiger charge is -2.14. The fourth-order valence-electron chi connectivity index (χ4n) is 1.29. The molecule has 1 aliphatic rings. The van der Waals surface area contributed by atoms with E-state index in [1.807, 2.05) is 0 Å². The minimum absolute atomic E-state index is 0.158. The molecule has 0 radical (unpaired) electrons. The van der Waals surface area contributed by atoms with Gasteiger partial charge in [0.25, 0.3) is 0 Å². The van der Waals surface area contributed by atoms with Crippen LogP contribution in [-0.4, -0.2) is 25.8 Å². The molecule has 1 rings (SSSR count). The van der Waals surface area contributed by atoms with E-state index >= 15 is 0 Å². The van der Waals surface area contributed by atoms with Gasteiger partial charge in [-0.15, -0.1) is 0 Å². The highest BCUT2D eigenvalue weighted by Crippen LogP contribution is 2.33. The van der Waals surface area contributed by atoms with Crippen LogP contribution >= 0.6 is 0 Å². The summed E-state index contributed by atoms with van der Waals surface area (Å²) in [7, 11) is 1.79. The normalized spacial score (nSPS) is 17.2. The Morgan fingerprint density at radius 3 is 2.93 bits per heavy atom. The number of esters is 1. The molecule has 80 valence electrons. The van der Waals surface area contributed by atoms with Gasteiger partial charge in [-0.1, -0.05) is 19.4 Å². The Hall–Kier alpha value is -1.03. The molecule has 0 heterocycles. The molecular formula is C10H18N2O2. The molecule has 0 bridgehead atoms. The predicted molar refractivity (Wildman–Crippen MR) is 54.5 cm³/mol. The van der Waals surface area contributed by atoms with Crippen LogP contribution in [0.4, 0.5) is 0 Å². The second-order valence-corrected chi connectivity index (χ2v) is 3.54. The molecule has 0 aromatic carbocycles. The van der Waals surface area contributed by atoms with Gasteiger partial charge < -0.3 is 15.4 Å². The Morgan fingerprint density at radius 1 is 1.71 bits per heavy atom. The second-order valence-electron chi connectivity index (χ2n) is 3.54. The van der Waals surface area contributed by atoms with Crippen molar-refractivity contribution in [3.8, 4) is 0 Å².